The molecular weight excluding hydrogens is 233 g/mol. The minimum Gasteiger partial charge on any atom is -0.462 e. The van der Waals surface area contributed by atoms with Gasteiger partial charge in [0.15, 0.2) is 0 Å². The highest BCUT2D eigenvalue weighted by atomic mass is 19.1. The summed E-state index contributed by atoms with van der Waals surface area (Å²) in [7, 11) is 0. The van der Waals surface area contributed by atoms with Crippen molar-refractivity contribution in [3.05, 3.63) is 54.1 Å². The van der Waals surface area contributed by atoms with Crippen molar-refractivity contribution in [3.63, 3.8) is 0 Å². The fourth-order valence-electron chi connectivity index (χ4n) is 1.60. The first kappa shape index (κ1) is 12.2. The first-order chi connectivity index (χ1) is 8.72. The third-order valence-corrected chi connectivity index (χ3v) is 2.46. The highest BCUT2D eigenvalue weighted by Crippen LogP contribution is 2.21. The number of pyridine rings is 1. The van der Waals surface area contributed by atoms with Crippen LogP contribution in [0, 0.1) is 5.82 Å². The zero-order chi connectivity index (χ0) is 13.0. The van der Waals surface area contributed by atoms with Crippen LogP contribution in [-0.4, -0.2) is 17.6 Å². The molecule has 0 saturated heterocycles. The molecule has 18 heavy (non-hydrogen) atoms. The van der Waals surface area contributed by atoms with Crippen LogP contribution in [0.15, 0.2) is 42.7 Å². The Morgan fingerprint density at radius 3 is 2.83 bits per heavy atom. The lowest BCUT2D eigenvalue weighted by Gasteiger charge is -2.06. The number of esters is 1. The van der Waals surface area contributed by atoms with Crippen LogP contribution in [0.25, 0.3) is 11.1 Å². The van der Waals surface area contributed by atoms with Crippen LogP contribution in [0.5, 0.6) is 0 Å². The molecule has 1 heterocycles. The van der Waals surface area contributed by atoms with Gasteiger partial charge in [0.2, 0.25) is 0 Å². The fourth-order valence-corrected chi connectivity index (χ4v) is 1.60. The summed E-state index contributed by atoms with van der Waals surface area (Å²) in [4.78, 5) is 15.6. The van der Waals surface area contributed by atoms with Gasteiger partial charge in [0.1, 0.15) is 5.82 Å². The van der Waals surface area contributed by atoms with Gasteiger partial charge < -0.3 is 4.74 Å². The second kappa shape index (κ2) is 5.40. The van der Waals surface area contributed by atoms with E-state index in [0.29, 0.717) is 0 Å². The van der Waals surface area contributed by atoms with Crippen LogP contribution in [0.1, 0.15) is 17.3 Å². The number of rotatable bonds is 3. The van der Waals surface area contributed by atoms with Crippen LogP contribution < -0.4 is 0 Å². The van der Waals surface area contributed by atoms with E-state index in [1.54, 1.807) is 31.5 Å². The summed E-state index contributed by atoms with van der Waals surface area (Å²) in [6.45, 7) is 1.90. The van der Waals surface area contributed by atoms with E-state index < -0.39 is 11.8 Å². The molecule has 1 aromatic carbocycles. The molecule has 92 valence electrons. The predicted octanol–water partition coefficient (Wildman–Crippen LogP) is 3.06. The normalized spacial score (nSPS) is 10.1. The number of hydrogen-bond donors (Lipinski definition) is 0. The maximum atomic E-state index is 13.5. The second-order valence-electron chi connectivity index (χ2n) is 3.66. The van der Waals surface area contributed by atoms with Crippen LogP contribution >= 0.6 is 0 Å². The van der Waals surface area contributed by atoms with Crippen molar-refractivity contribution in [2.45, 2.75) is 6.92 Å². The molecule has 0 spiro atoms. The molecule has 0 bridgehead atoms. The van der Waals surface area contributed by atoms with Crippen LogP contribution in [0.2, 0.25) is 0 Å². The summed E-state index contributed by atoms with van der Waals surface area (Å²) < 4.78 is 18.3. The van der Waals surface area contributed by atoms with Gasteiger partial charge in [0.25, 0.3) is 0 Å². The molecule has 0 N–H and O–H groups in total. The summed E-state index contributed by atoms with van der Waals surface area (Å²) >= 11 is 0. The molecule has 0 aliphatic carbocycles. The topological polar surface area (TPSA) is 39.2 Å². The molecule has 0 unspecified atom stereocenters. The monoisotopic (exact) mass is 245 g/mol. The number of nitrogens with zero attached hydrogens (tertiary/aromatic N) is 1. The average molecular weight is 245 g/mol. The number of halogens is 1. The van der Waals surface area contributed by atoms with Gasteiger partial charge in [0.05, 0.1) is 12.2 Å². The Balaban J connectivity index is 2.41. The lowest BCUT2D eigenvalue weighted by molar-refractivity contribution is 0.0521. The number of aromatic nitrogens is 1. The summed E-state index contributed by atoms with van der Waals surface area (Å²) in [6, 6.07) is 7.96. The molecule has 4 heteroatoms. The summed E-state index contributed by atoms with van der Waals surface area (Å²) in [5.41, 5.74) is 1.49. The Morgan fingerprint density at radius 1 is 1.33 bits per heavy atom. The minimum atomic E-state index is -0.652. The Labute approximate surface area is 104 Å². The number of hydrogen-bond acceptors (Lipinski definition) is 3. The molecule has 2 aromatic rings. The molecule has 0 amide bonds. The van der Waals surface area contributed by atoms with Crippen molar-refractivity contribution in [2.75, 3.05) is 6.61 Å². The maximum absolute atomic E-state index is 13.5. The van der Waals surface area contributed by atoms with Gasteiger partial charge in [-0.1, -0.05) is 12.1 Å². The standard InChI is InChI=1S/C14H12FNO2/c1-2-18-14(17)12-8-10(5-6-13(12)15)11-4-3-7-16-9-11/h3-9H,2H2,1H3. The predicted molar refractivity (Wildman–Crippen MR) is 65.6 cm³/mol. The third kappa shape index (κ3) is 2.53. The van der Waals surface area contributed by atoms with E-state index in [-0.39, 0.29) is 12.2 Å². The molecule has 0 aliphatic heterocycles. The highest BCUT2D eigenvalue weighted by Gasteiger charge is 2.13. The van der Waals surface area contributed by atoms with Crippen molar-refractivity contribution in [3.8, 4) is 11.1 Å². The van der Waals surface area contributed by atoms with E-state index in [1.165, 1.54) is 12.1 Å². The number of benzene rings is 1. The van der Waals surface area contributed by atoms with Gasteiger partial charge in [-0.25, -0.2) is 9.18 Å². The van der Waals surface area contributed by atoms with Crippen molar-refractivity contribution in [2.24, 2.45) is 0 Å². The molecule has 2 rings (SSSR count). The zero-order valence-corrected chi connectivity index (χ0v) is 9.89. The zero-order valence-electron chi connectivity index (χ0n) is 9.89. The van der Waals surface area contributed by atoms with Crippen molar-refractivity contribution >= 4 is 5.97 Å². The summed E-state index contributed by atoms with van der Waals surface area (Å²) in [6.07, 6.45) is 3.31. The van der Waals surface area contributed by atoms with E-state index >= 15 is 0 Å². The molecule has 1 aromatic heterocycles. The van der Waals surface area contributed by atoms with Crippen LogP contribution in [0.4, 0.5) is 4.39 Å². The van der Waals surface area contributed by atoms with Gasteiger partial charge in [-0.15, -0.1) is 0 Å². The van der Waals surface area contributed by atoms with Gasteiger partial charge in [0, 0.05) is 18.0 Å². The third-order valence-electron chi connectivity index (χ3n) is 2.46. The van der Waals surface area contributed by atoms with E-state index in [2.05, 4.69) is 4.98 Å². The Hall–Kier alpha value is -2.23. The average Bonchev–Trinajstić information content (AvgIpc) is 2.40. The Bertz CT molecular complexity index is 555. The van der Waals surface area contributed by atoms with E-state index in [4.69, 9.17) is 4.74 Å². The van der Waals surface area contributed by atoms with Gasteiger partial charge >= 0.3 is 5.97 Å². The van der Waals surface area contributed by atoms with Crippen molar-refractivity contribution < 1.29 is 13.9 Å². The SMILES string of the molecule is CCOC(=O)c1cc(-c2cccnc2)ccc1F. The molecule has 0 atom stereocenters. The maximum Gasteiger partial charge on any atom is 0.341 e. The molecule has 0 fully saturated rings. The number of ether oxygens (including phenoxy) is 1. The molecule has 0 radical (unpaired) electrons. The number of carbonyl (C=O) groups is 1. The smallest absolute Gasteiger partial charge is 0.341 e. The van der Waals surface area contributed by atoms with Crippen molar-refractivity contribution in [1.82, 2.24) is 4.98 Å². The van der Waals surface area contributed by atoms with Gasteiger partial charge in [-0.05, 0) is 30.7 Å². The molecule has 0 saturated carbocycles. The fraction of sp³-hybridized carbons (Fsp3) is 0.143. The minimum absolute atomic E-state index is 0.0572. The highest BCUT2D eigenvalue weighted by molar-refractivity contribution is 5.91. The summed E-state index contributed by atoms with van der Waals surface area (Å²) in [5.74, 6) is -1.23. The van der Waals surface area contributed by atoms with Crippen molar-refractivity contribution in [1.29, 1.82) is 0 Å². The number of carbonyl (C=O) groups excluding carboxylic acids is 1. The molecular formula is C14H12FNO2. The van der Waals surface area contributed by atoms with E-state index in [9.17, 15) is 9.18 Å². The lowest BCUT2D eigenvalue weighted by atomic mass is 10.0. The quantitative estimate of drug-likeness (QED) is 0.780. The summed E-state index contributed by atoms with van der Waals surface area (Å²) in [5, 5.41) is 0. The largest absolute Gasteiger partial charge is 0.462 e. The van der Waals surface area contributed by atoms with E-state index in [0.717, 1.165) is 11.1 Å². The van der Waals surface area contributed by atoms with Crippen LogP contribution in [-0.2, 0) is 4.74 Å². The first-order valence-electron chi connectivity index (χ1n) is 5.59. The lowest BCUT2D eigenvalue weighted by Crippen LogP contribution is -2.07. The first-order valence-corrected chi connectivity index (χ1v) is 5.59. The Morgan fingerprint density at radius 2 is 2.17 bits per heavy atom. The van der Waals surface area contributed by atoms with E-state index in [1.807, 2.05) is 6.07 Å². The van der Waals surface area contributed by atoms with Gasteiger partial charge in [-0.2, -0.15) is 0 Å². The Kier molecular flexibility index (Phi) is 3.67. The second-order valence-corrected chi connectivity index (χ2v) is 3.66. The molecule has 0 aliphatic rings. The van der Waals surface area contributed by atoms with Gasteiger partial charge in [-0.3, -0.25) is 4.98 Å². The molecule has 3 nitrogen and oxygen atoms in total. The van der Waals surface area contributed by atoms with Crippen LogP contribution in [0.3, 0.4) is 0 Å².